The summed E-state index contributed by atoms with van der Waals surface area (Å²) in [5.74, 6) is -1.51. The minimum Gasteiger partial charge on any atom is -0.352 e. The molecule has 0 aromatic heterocycles. The van der Waals surface area contributed by atoms with Gasteiger partial charge in [0, 0.05) is 18.7 Å². The normalized spacial score (nSPS) is 19.6. The van der Waals surface area contributed by atoms with Crippen molar-refractivity contribution in [2.75, 3.05) is 13.1 Å². The summed E-state index contributed by atoms with van der Waals surface area (Å²) >= 11 is 0. The number of nitrogens with one attached hydrogen (secondary N) is 2. The molecule has 1 aliphatic heterocycles. The van der Waals surface area contributed by atoms with Crippen molar-refractivity contribution in [1.29, 1.82) is 0 Å². The van der Waals surface area contributed by atoms with Crippen molar-refractivity contribution < 1.29 is 13.6 Å². The number of hydrogen-bond acceptors (Lipinski definition) is 2. The van der Waals surface area contributed by atoms with Crippen molar-refractivity contribution in [1.82, 2.24) is 10.6 Å². The molecular formula is C13H16F2N2O. The van der Waals surface area contributed by atoms with Gasteiger partial charge in [0.2, 0.25) is 5.91 Å². The number of rotatable bonds is 3. The first-order valence-electron chi connectivity index (χ1n) is 6.10. The molecule has 0 radical (unpaired) electrons. The van der Waals surface area contributed by atoms with Crippen LogP contribution in [0.4, 0.5) is 8.78 Å². The third-order valence-electron chi connectivity index (χ3n) is 3.17. The topological polar surface area (TPSA) is 41.1 Å². The Bertz CT molecular complexity index is 411. The van der Waals surface area contributed by atoms with Gasteiger partial charge in [-0.25, -0.2) is 8.78 Å². The molecule has 2 N–H and O–H groups in total. The lowest BCUT2D eigenvalue weighted by Gasteiger charge is -2.22. The summed E-state index contributed by atoms with van der Waals surface area (Å²) in [7, 11) is 0. The smallest absolute Gasteiger partial charge is 0.224 e. The van der Waals surface area contributed by atoms with E-state index in [9.17, 15) is 13.6 Å². The molecule has 0 bridgehead atoms. The predicted molar refractivity (Wildman–Crippen MR) is 63.8 cm³/mol. The molecular weight excluding hydrogens is 238 g/mol. The SMILES string of the molecule is O=C(NCc1c(F)cccc1F)C1CCCNC1. The van der Waals surface area contributed by atoms with E-state index in [1.807, 2.05) is 0 Å². The van der Waals surface area contributed by atoms with E-state index in [0.29, 0.717) is 6.54 Å². The van der Waals surface area contributed by atoms with Crippen LogP contribution in [0, 0.1) is 17.6 Å². The molecule has 2 rings (SSSR count). The van der Waals surface area contributed by atoms with E-state index < -0.39 is 11.6 Å². The Morgan fingerprint density at radius 3 is 2.72 bits per heavy atom. The van der Waals surface area contributed by atoms with Gasteiger partial charge in [-0.15, -0.1) is 0 Å². The van der Waals surface area contributed by atoms with Gasteiger partial charge in [0.15, 0.2) is 0 Å². The average molecular weight is 254 g/mol. The molecule has 5 heteroatoms. The first kappa shape index (κ1) is 13.0. The molecule has 1 saturated heterocycles. The van der Waals surface area contributed by atoms with E-state index in [0.717, 1.165) is 19.4 Å². The van der Waals surface area contributed by atoms with Gasteiger partial charge >= 0.3 is 0 Å². The van der Waals surface area contributed by atoms with E-state index in [-0.39, 0.29) is 23.9 Å². The molecule has 0 spiro atoms. The Morgan fingerprint density at radius 2 is 2.11 bits per heavy atom. The lowest BCUT2D eigenvalue weighted by Crippen LogP contribution is -2.40. The van der Waals surface area contributed by atoms with Crippen LogP contribution in [-0.2, 0) is 11.3 Å². The van der Waals surface area contributed by atoms with Gasteiger partial charge in [-0.1, -0.05) is 6.07 Å². The molecule has 1 fully saturated rings. The zero-order chi connectivity index (χ0) is 13.0. The maximum Gasteiger partial charge on any atom is 0.224 e. The monoisotopic (exact) mass is 254 g/mol. The second-order valence-electron chi connectivity index (χ2n) is 4.46. The quantitative estimate of drug-likeness (QED) is 0.860. The van der Waals surface area contributed by atoms with Gasteiger partial charge in [-0.05, 0) is 31.5 Å². The second kappa shape index (κ2) is 5.91. The molecule has 0 aliphatic carbocycles. The Kier molecular flexibility index (Phi) is 4.25. The highest BCUT2D eigenvalue weighted by Crippen LogP contribution is 2.13. The predicted octanol–water partition coefficient (Wildman–Crippen LogP) is 1.58. The van der Waals surface area contributed by atoms with Gasteiger partial charge in [-0.2, -0.15) is 0 Å². The van der Waals surface area contributed by atoms with Crippen LogP contribution in [0.2, 0.25) is 0 Å². The van der Waals surface area contributed by atoms with Gasteiger partial charge < -0.3 is 10.6 Å². The molecule has 1 aliphatic rings. The Morgan fingerprint density at radius 1 is 1.39 bits per heavy atom. The van der Waals surface area contributed by atoms with Crippen molar-refractivity contribution >= 4 is 5.91 Å². The third-order valence-corrected chi connectivity index (χ3v) is 3.17. The zero-order valence-corrected chi connectivity index (χ0v) is 10.0. The van der Waals surface area contributed by atoms with Crippen LogP contribution in [0.1, 0.15) is 18.4 Å². The molecule has 3 nitrogen and oxygen atoms in total. The molecule has 1 aromatic carbocycles. The van der Waals surface area contributed by atoms with Crippen molar-refractivity contribution in [2.24, 2.45) is 5.92 Å². The molecule has 1 atom stereocenters. The number of halogens is 2. The van der Waals surface area contributed by atoms with Gasteiger partial charge in [0.25, 0.3) is 0 Å². The number of piperidine rings is 1. The maximum absolute atomic E-state index is 13.3. The van der Waals surface area contributed by atoms with E-state index in [1.165, 1.54) is 18.2 Å². The summed E-state index contributed by atoms with van der Waals surface area (Å²) in [6, 6.07) is 3.68. The highest BCUT2D eigenvalue weighted by molar-refractivity contribution is 5.78. The zero-order valence-electron chi connectivity index (χ0n) is 10.0. The molecule has 0 saturated carbocycles. The van der Waals surface area contributed by atoms with Crippen LogP contribution in [0.5, 0.6) is 0 Å². The number of carbonyl (C=O) groups excluding carboxylic acids is 1. The number of hydrogen-bond donors (Lipinski definition) is 2. The fourth-order valence-corrected chi connectivity index (χ4v) is 2.10. The van der Waals surface area contributed by atoms with Gasteiger partial charge in [0.1, 0.15) is 11.6 Å². The Hall–Kier alpha value is -1.49. The van der Waals surface area contributed by atoms with E-state index in [2.05, 4.69) is 10.6 Å². The fourth-order valence-electron chi connectivity index (χ4n) is 2.10. The minimum atomic E-state index is -0.628. The number of carbonyl (C=O) groups is 1. The van der Waals surface area contributed by atoms with Crippen LogP contribution in [0.25, 0.3) is 0 Å². The first-order valence-corrected chi connectivity index (χ1v) is 6.10. The van der Waals surface area contributed by atoms with Crippen LogP contribution in [0.15, 0.2) is 18.2 Å². The van der Waals surface area contributed by atoms with Crippen molar-refractivity contribution in [3.8, 4) is 0 Å². The third kappa shape index (κ3) is 3.04. The average Bonchev–Trinajstić information content (AvgIpc) is 2.39. The van der Waals surface area contributed by atoms with Crippen LogP contribution >= 0.6 is 0 Å². The van der Waals surface area contributed by atoms with Crippen LogP contribution in [-0.4, -0.2) is 19.0 Å². The molecule has 1 heterocycles. The Labute approximate surface area is 105 Å². The molecule has 18 heavy (non-hydrogen) atoms. The number of benzene rings is 1. The van der Waals surface area contributed by atoms with Gasteiger partial charge in [0.05, 0.1) is 5.92 Å². The molecule has 98 valence electrons. The molecule has 1 amide bonds. The summed E-state index contributed by atoms with van der Waals surface area (Å²) in [4.78, 5) is 11.8. The van der Waals surface area contributed by atoms with Crippen molar-refractivity contribution in [2.45, 2.75) is 19.4 Å². The largest absolute Gasteiger partial charge is 0.352 e. The molecule has 1 aromatic rings. The first-order chi connectivity index (χ1) is 8.68. The number of amides is 1. The summed E-state index contributed by atoms with van der Waals surface area (Å²) in [6.07, 6.45) is 1.77. The summed E-state index contributed by atoms with van der Waals surface area (Å²) < 4.78 is 26.7. The summed E-state index contributed by atoms with van der Waals surface area (Å²) in [5.41, 5.74) is -0.0883. The fraction of sp³-hybridized carbons (Fsp3) is 0.462. The van der Waals surface area contributed by atoms with E-state index in [1.54, 1.807) is 0 Å². The van der Waals surface area contributed by atoms with E-state index >= 15 is 0 Å². The van der Waals surface area contributed by atoms with Gasteiger partial charge in [-0.3, -0.25) is 4.79 Å². The lowest BCUT2D eigenvalue weighted by molar-refractivity contribution is -0.125. The van der Waals surface area contributed by atoms with Crippen molar-refractivity contribution in [3.05, 3.63) is 35.4 Å². The highest BCUT2D eigenvalue weighted by atomic mass is 19.1. The van der Waals surface area contributed by atoms with Crippen LogP contribution in [0.3, 0.4) is 0 Å². The maximum atomic E-state index is 13.3. The standard InChI is InChI=1S/C13H16F2N2O/c14-11-4-1-5-12(15)10(11)8-17-13(18)9-3-2-6-16-7-9/h1,4-5,9,16H,2-3,6-8H2,(H,17,18). The molecule has 1 unspecified atom stereocenters. The van der Waals surface area contributed by atoms with Crippen LogP contribution < -0.4 is 10.6 Å². The summed E-state index contributed by atoms with van der Waals surface area (Å²) in [6.45, 7) is 1.45. The van der Waals surface area contributed by atoms with Crippen molar-refractivity contribution in [3.63, 3.8) is 0 Å². The van der Waals surface area contributed by atoms with E-state index in [4.69, 9.17) is 0 Å². The minimum absolute atomic E-state index is 0.0883. The second-order valence-corrected chi connectivity index (χ2v) is 4.46. The summed E-state index contributed by atoms with van der Waals surface area (Å²) in [5, 5.41) is 5.72. The lowest BCUT2D eigenvalue weighted by atomic mass is 9.99. The highest BCUT2D eigenvalue weighted by Gasteiger charge is 2.21. The Balaban J connectivity index is 1.92.